The zero-order valence-corrected chi connectivity index (χ0v) is 11.4. The third kappa shape index (κ3) is 3.90. The second-order valence-electron chi connectivity index (χ2n) is 4.29. The van der Waals surface area contributed by atoms with Crippen molar-refractivity contribution in [2.75, 3.05) is 18.8 Å². The molecule has 0 heterocycles. The summed E-state index contributed by atoms with van der Waals surface area (Å²) in [4.78, 5) is 0. The summed E-state index contributed by atoms with van der Waals surface area (Å²) in [5, 5.41) is 3.35. The molecule has 94 valence electrons. The first-order chi connectivity index (χ1) is 8.90. The van der Waals surface area contributed by atoms with Crippen LogP contribution in [0.1, 0.15) is 5.56 Å². The van der Waals surface area contributed by atoms with Crippen LogP contribution in [0.15, 0.2) is 54.6 Å². The van der Waals surface area contributed by atoms with Gasteiger partial charge in [0, 0.05) is 12.3 Å². The smallest absolute Gasteiger partial charge is 0.00398 e. The number of benzene rings is 2. The van der Waals surface area contributed by atoms with Crippen LogP contribution in [-0.2, 0) is 6.42 Å². The average Bonchev–Trinajstić information content (AvgIpc) is 2.45. The van der Waals surface area contributed by atoms with Gasteiger partial charge in [0.15, 0.2) is 0 Å². The minimum atomic E-state index is 0.896. The second-order valence-corrected chi connectivity index (χ2v) is 4.73. The van der Waals surface area contributed by atoms with E-state index in [0.717, 1.165) is 25.3 Å². The van der Waals surface area contributed by atoms with E-state index in [-0.39, 0.29) is 0 Å². The fraction of sp³-hybridized carbons (Fsp3) is 0.250. The highest BCUT2D eigenvalue weighted by atomic mass is 32.1. The molecule has 0 saturated heterocycles. The van der Waals surface area contributed by atoms with E-state index in [2.05, 4.69) is 66.5 Å². The van der Waals surface area contributed by atoms with E-state index in [0.29, 0.717) is 0 Å². The molecule has 0 fully saturated rings. The Balaban J connectivity index is 1.94. The van der Waals surface area contributed by atoms with Crippen LogP contribution in [0.3, 0.4) is 0 Å². The molecular weight excluding hydrogens is 238 g/mol. The van der Waals surface area contributed by atoms with Gasteiger partial charge in [-0.1, -0.05) is 54.6 Å². The topological polar surface area (TPSA) is 12.0 Å². The molecular formula is C16H19NS. The first-order valence-corrected chi connectivity index (χ1v) is 6.99. The van der Waals surface area contributed by atoms with E-state index in [9.17, 15) is 0 Å². The summed E-state index contributed by atoms with van der Waals surface area (Å²) in [5.74, 6) is 0.896. The first-order valence-electron chi connectivity index (χ1n) is 6.36. The molecule has 2 heteroatoms. The van der Waals surface area contributed by atoms with Crippen molar-refractivity contribution in [1.29, 1.82) is 0 Å². The molecule has 18 heavy (non-hydrogen) atoms. The minimum Gasteiger partial charge on any atom is -0.316 e. The molecule has 0 spiro atoms. The predicted molar refractivity (Wildman–Crippen MR) is 82.3 cm³/mol. The highest BCUT2D eigenvalue weighted by Gasteiger charge is 1.97. The molecule has 0 atom stereocenters. The average molecular weight is 257 g/mol. The number of nitrogens with one attached hydrogen (secondary N) is 1. The fourth-order valence-corrected chi connectivity index (χ4v) is 2.09. The van der Waals surface area contributed by atoms with Crippen molar-refractivity contribution in [3.8, 4) is 11.1 Å². The summed E-state index contributed by atoms with van der Waals surface area (Å²) < 4.78 is 0. The summed E-state index contributed by atoms with van der Waals surface area (Å²) in [7, 11) is 0. The van der Waals surface area contributed by atoms with Crippen LogP contribution < -0.4 is 5.32 Å². The van der Waals surface area contributed by atoms with Crippen LogP contribution in [0.2, 0.25) is 0 Å². The molecule has 2 aromatic carbocycles. The van der Waals surface area contributed by atoms with E-state index in [1.54, 1.807) is 0 Å². The molecule has 2 rings (SSSR count). The third-order valence-electron chi connectivity index (χ3n) is 2.94. The Morgan fingerprint density at radius 3 is 2.11 bits per heavy atom. The zero-order chi connectivity index (χ0) is 12.6. The SMILES string of the molecule is SCCNCCc1ccc(-c2ccccc2)cc1. The normalized spacial score (nSPS) is 10.5. The summed E-state index contributed by atoms with van der Waals surface area (Å²) >= 11 is 4.17. The molecule has 0 aliphatic heterocycles. The van der Waals surface area contributed by atoms with Crippen LogP contribution in [-0.4, -0.2) is 18.8 Å². The molecule has 0 amide bonds. The lowest BCUT2D eigenvalue weighted by Crippen LogP contribution is -2.19. The number of rotatable bonds is 6. The van der Waals surface area contributed by atoms with Gasteiger partial charge in [-0.05, 0) is 29.7 Å². The Morgan fingerprint density at radius 1 is 0.778 bits per heavy atom. The van der Waals surface area contributed by atoms with Crippen LogP contribution in [0.25, 0.3) is 11.1 Å². The Labute approximate surface area is 115 Å². The van der Waals surface area contributed by atoms with Crippen molar-refractivity contribution in [3.63, 3.8) is 0 Å². The van der Waals surface area contributed by atoms with Crippen LogP contribution in [0, 0.1) is 0 Å². The fourth-order valence-electron chi connectivity index (χ4n) is 1.93. The van der Waals surface area contributed by atoms with Gasteiger partial charge >= 0.3 is 0 Å². The maximum Gasteiger partial charge on any atom is 0.00398 e. The highest BCUT2D eigenvalue weighted by Crippen LogP contribution is 2.19. The third-order valence-corrected chi connectivity index (χ3v) is 3.16. The second kappa shape index (κ2) is 7.24. The zero-order valence-electron chi connectivity index (χ0n) is 10.5. The van der Waals surface area contributed by atoms with Crippen molar-refractivity contribution in [2.45, 2.75) is 6.42 Å². The molecule has 0 aromatic heterocycles. The van der Waals surface area contributed by atoms with E-state index in [4.69, 9.17) is 0 Å². The van der Waals surface area contributed by atoms with E-state index in [1.165, 1.54) is 16.7 Å². The van der Waals surface area contributed by atoms with E-state index < -0.39 is 0 Å². The summed E-state index contributed by atoms with van der Waals surface area (Å²) in [5.41, 5.74) is 3.93. The van der Waals surface area contributed by atoms with Crippen LogP contribution >= 0.6 is 12.6 Å². The quantitative estimate of drug-likeness (QED) is 0.597. The molecule has 1 N–H and O–H groups in total. The molecule has 0 bridgehead atoms. The van der Waals surface area contributed by atoms with E-state index >= 15 is 0 Å². The molecule has 2 aromatic rings. The number of thiol groups is 1. The Morgan fingerprint density at radius 2 is 1.44 bits per heavy atom. The molecule has 0 unspecified atom stereocenters. The Bertz CT molecular complexity index is 450. The van der Waals surface area contributed by atoms with Gasteiger partial charge < -0.3 is 5.32 Å². The van der Waals surface area contributed by atoms with Gasteiger partial charge in [-0.25, -0.2) is 0 Å². The van der Waals surface area contributed by atoms with Crippen LogP contribution in [0.4, 0.5) is 0 Å². The van der Waals surface area contributed by atoms with Gasteiger partial charge in [-0.15, -0.1) is 0 Å². The van der Waals surface area contributed by atoms with Crippen molar-refractivity contribution in [1.82, 2.24) is 5.32 Å². The number of hydrogen-bond acceptors (Lipinski definition) is 2. The molecule has 0 aliphatic rings. The molecule has 0 radical (unpaired) electrons. The van der Waals surface area contributed by atoms with Crippen molar-refractivity contribution in [3.05, 3.63) is 60.2 Å². The molecule has 0 aliphatic carbocycles. The molecule has 1 nitrogen and oxygen atoms in total. The van der Waals surface area contributed by atoms with Gasteiger partial charge in [0.1, 0.15) is 0 Å². The lowest BCUT2D eigenvalue weighted by atomic mass is 10.0. The lowest BCUT2D eigenvalue weighted by molar-refractivity contribution is 0.722. The van der Waals surface area contributed by atoms with E-state index in [1.807, 2.05) is 6.07 Å². The highest BCUT2D eigenvalue weighted by molar-refractivity contribution is 7.80. The maximum absolute atomic E-state index is 4.17. The number of hydrogen-bond donors (Lipinski definition) is 2. The van der Waals surface area contributed by atoms with Crippen LogP contribution in [0.5, 0.6) is 0 Å². The summed E-state index contributed by atoms with van der Waals surface area (Å²) in [6.07, 6.45) is 1.07. The van der Waals surface area contributed by atoms with Gasteiger partial charge in [0.2, 0.25) is 0 Å². The maximum atomic E-state index is 4.17. The standard InChI is InChI=1S/C16H19NS/c18-13-12-17-11-10-14-6-8-16(9-7-14)15-4-2-1-3-5-15/h1-9,17-18H,10-13H2. The lowest BCUT2D eigenvalue weighted by Gasteiger charge is -2.05. The predicted octanol–water partition coefficient (Wildman–Crippen LogP) is 3.42. The molecule has 0 saturated carbocycles. The summed E-state index contributed by atoms with van der Waals surface area (Å²) in [6.45, 7) is 2.00. The van der Waals surface area contributed by atoms with Crippen molar-refractivity contribution in [2.24, 2.45) is 0 Å². The van der Waals surface area contributed by atoms with Gasteiger partial charge in [0.05, 0.1) is 0 Å². The largest absolute Gasteiger partial charge is 0.316 e. The van der Waals surface area contributed by atoms with Gasteiger partial charge in [-0.3, -0.25) is 0 Å². The first kappa shape index (κ1) is 13.2. The Kier molecular flexibility index (Phi) is 5.31. The monoisotopic (exact) mass is 257 g/mol. The van der Waals surface area contributed by atoms with Crippen molar-refractivity contribution >= 4 is 12.6 Å². The Hall–Kier alpha value is -1.25. The minimum absolute atomic E-state index is 0.896. The summed E-state index contributed by atoms with van der Waals surface area (Å²) in [6, 6.07) is 19.3. The van der Waals surface area contributed by atoms with Gasteiger partial charge in [-0.2, -0.15) is 12.6 Å². The van der Waals surface area contributed by atoms with Gasteiger partial charge in [0.25, 0.3) is 0 Å². The van der Waals surface area contributed by atoms with Crippen molar-refractivity contribution < 1.29 is 0 Å².